The predicted octanol–water partition coefficient (Wildman–Crippen LogP) is 2.07. The molecule has 1 aliphatic rings. The molecule has 0 N–H and O–H groups in total. The molecular formula is C14H19NO2. The van der Waals surface area contributed by atoms with Crippen LogP contribution in [0.1, 0.15) is 18.4 Å². The Morgan fingerprint density at radius 1 is 1.29 bits per heavy atom. The van der Waals surface area contributed by atoms with E-state index in [0.29, 0.717) is 6.61 Å². The third kappa shape index (κ3) is 3.56. The van der Waals surface area contributed by atoms with E-state index < -0.39 is 0 Å². The molecule has 0 aromatic heterocycles. The van der Waals surface area contributed by atoms with Crippen molar-refractivity contribution in [2.24, 2.45) is 5.92 Å². The smallest absolute Gasteiger partial charge is 0.309 e. The molecule has 1 fully saturated rings. The van der Waals surface area contributed by atoms with Crippen molar-refractivity contribution >= 4 is 5.97 Å². The molecule has 17 heavy (non-hydrogen) atoms. The van der Waals surface area contributed by atoms with Gasteiger partial charge in [-0.25, -0.2) is 0 Å². The van der Waals surface area contributed by atoms with Gasteiger partial charge in [0.2, 0.25) is 0 Å². The zero-order valence-electron chi connectivity index (χ0n) is 10.3. The molecule has 0 bridgehead atoms. The van der Waals surface area contributed by atoms with Crippen LogP contribution in [0.4, 0.5) is 0 Å². The van der Waals surface area contributed by atoms with Crippen molar-refractivity contribution in [2.75, 3.05) is 20.1 Å². The first-order valence-electron chi connectivity index (χ1n) is 6.15. The van der Waals surface area contributed by atoms with E-state index in [1.165, 1.54) is 0 Å². The van der Waals surface area contributed by atoms with E-state index in [4.69, 9.17) is 4.74 Å². The standard InChI is InChI=1S/C14H19NO2/c1-15-9-7-13(8-10-15)14(16)17-11-12-5-3-2-4-6-12/h2-6,13H,7-11H2,1H3. The second-order valence-corrected chi connectivity index (χ2v) is 4.67. The third-order valence-electron chi connectivity index (χ3n) is 3.28. The van der Waals surface area contributed by atoms with E-state index in [-0.39, 0.29) is 11.9 Å². The van der Waals surface area contributed by atoms with Crippen LogP contribution in [0, 0.1) is 5.92 Å². The summed E-state index contributed by atoms with van der Waals surface area (Å²) in [6.07, 6.45) is 1.84. The molecule has 0 atom stereocenters. The summed E-state index contributed by atoms with van der Waals surface area (Å²) >= 11 is 0. The third-order valence-corrected chi connectivity index (χ3v) is 3.28. The van der Waals surface area contributed by atoms with Crippen molar-refractivity contribution in [3.05, 3.63) is 35.9 Å². The van der Waals surface area contributed by atoms with Crippen LogP contribution in [0.2, 0.25) is 0 Å². The molecule has 1 heterocycles. The van der Waals surface area contributed by atoms with Gasteiger partial charge in [0.25, 0.3) is 0 Å². The lowest BCUT2D eigenvalue weighted by molar-refractivity contribution is -0.151. The predicted molar refractivity (Wildman–Crippen MR) is 66.5 cm³/mol. The van der Waals surface area contributed by atoms with Crippen molar-refractivity contribution in [1.82, 2.24) is 4.90 Å². The van der Waals surface area contributed by atoms with Gasteiger partial charge >= 0.3 is 5.97 Å². The molecular weight excluding hydrogens is 214 g/mol. The molecule has 92 valence electrons. The molecule has 0 unspecified atom stereocenters. The van der Waals surface area contributed by atoms with Crippen LogP contribution in [0.15, 0.2) is 30.3 Å². The molecule has 0 saturated carbocycles. The zero-order chi connectivity index (χ0) is 12.1. The number of hydrogen-bond donors (Lipinski definition) is 0. The van der Waals surface area contributed by atoms with Crippen molar-refractivity contribution in [2.45, 2.75) is 19.4 Å². The highest BCUT2D eigenvalue weighted by Crippen LogP contribution is 2.18. The average Bonchev–Trinajstić information content (AvgIpc) is 2.38. The highest BCUT2D eigenvalue weighted by Gasteiger charge is 2.24. The Bertz CT molecular complexity index is 356. The summed E-state index contributed by atoms with van der Waals surface area (Å²) in [5, 5.41) is 0. The second-order valence-electron chi connectivity index (χ2n) is 4.67. The van der Waals surface area contributed by atoms with Gasteiger partial charge in [0.05, 0.1) is 5.92 Å². The number of piperidine rings is 1. The Kier molecular flexibility index (Phi) is 4.15. The lowest BCUT2D eigenvalue weighted by Crippen LogP contribution is -2.34. The van der Waals surface area contributed by atoms with Gasteiger partial charge in [-0.15, -0.1) is 0 Å². The van der Waals surface area contributed by atoms with Gasteiger partial charge in [0, 0.05) is 0 Å². The topological polar surface area (TPSA) is 29.5 Å². The van der Waals surface area contributed by atoms with Gasteiger partial charge in [-0.1, -0.05) is 30.3 Å². The summed E-state index contributed by atoms with van der Waals surface area (Å²) in [5.41, 5.74) is 1.05. The lowest BCUT2D eigenvalue weighted by atomic mass is 9.97. The SMILES string of the molecule is CN1CCC(C(=O)OCc2ccccc2)CC1. The summed E-state index contributed by atoms with van der Waals surface area (Å²) < 4.78 is 5.35. The maximum Gasteiger partial charge on any atom is 0.309 e. The summed E-state index contributed by atoms with van der Waals surface area (Å²) in [5.74, 6) is 0.0527. The monoisotopic (exact) mass is 233 g/mol. The number of rotatable bonds is 3. The van der Waals surface area contributed by atoms with Crippen LogP contribution in [-0.2, 0) is 16.1 Å². The maximum absolute atomic E-state index is 11.8. The largest absolute Gasteiger partial charge is 0.461 e. The van der Waals surface area contributed by atoms with Crippen molar-refractivity contribution in [1.29, 1.82) is 0 Å². The second kappa shape index (κ2) is 5.82. The maximum atomic E-state index is 11.8. The van der Waals surface area contributed by atoms with Crippen LogP contribution in [0.5, 0.6) is 0 Å². The van der Waals surface area contributed by atoms with E-state index >= 15 is 0 Å². The molecule has 3 nitrogen and oxygen atoms in total. The number of hydrogen-bond acceptors (Lipinski definition) is 3. The molecule has 1 saturated heterocycles. The van der Waals surface area contributed by atoms with Gasteiger partial charge < -0.3 is 9.64 Å². The molecule has 0 spiro atoms. The molecule has 0 aliphatic carbocycles. The Balaban J connectivity index is 1.78. The highest BCUT2D eigenvalue weighted by atomic mass is 16.5. The molecule has 0 amide bonds. The fourth-order valence-electron chi connectivity index (χ4n) is 2.09. The van der Waals surface area contributed by atoms with Crippen LogP contribution < -0.4 is 0 Å². The summed E-state index contributed by atoms with van der Waals surface area (Å²) in [6.45, 7) is 2.38. The Hall–Kier alpha value is -1.35. The first-order chi connectivity index (χ1) is 8.25. The normalized spacial score (nSPS) is 17.9. The number of carbonyl (C=O) groups excluding carboxylic acids is 1. The van der Waals surface area contributed by atoms with Crippen LogP contribution in [0.3, 0.4) is 0 Å². The first kappa shape index (κ1) is 12.1. The Labute approximate surface area is 102 Å². The van der Waals surface area contributed by atoms with E-state index in [1.54, 1.807) is 0 Å². The summed E-state index contributed by atoms with van der Waals surface area (Å²) in [7, 11) is 2.09. The van der Waals surface area contributed by atoms with Gasteiger partial charge in [-0.2, -0.15) is 0 Å². The van der Waals surface area contributed by atoms with Gasteiger partial charge in [0.1, 0.15) is 6.61 Å². The summed E-state index contributed by atoms with van der Waals surface area (Å²) in [4.78, 5) is 14.1. The Morgan fingerprint density at radius 2 is 1.94 bits per heavy atom. The van der Waals surface area contributed by atoms with E-state index in [0.717, 1.165) is 31.5 Å². The van der Waals surface area contributed by atoms with Crippen molar-refractivity contribution in [3.63, 3.8) is 0 Å². The Morgan fingerprint density at radius 3 is 2.59 bits per heavy atom. The quantitative estimate of drug-likeness (QED) is 0.749. The lowest BCUT2D eigenvalue weighted by Gasteiger charge is -2.27. The summed E-state index contributed by atoms with van der Waals surface area (Å²) in [6, 6.07) is 9.82. The fraction of sp³-hybridized carbons (Fsp3) is 0.500. The van der Waals surface area contributed by atoms with E-state index in [2.05, 4.69) is 11.9 Å². The van der Waals surface area contributed by atoms with Crippen molar-refractivity contribution < 1.29 is 9.53 Å². The molecule has 1 aromatic rings. The average molecular weight is 233 g/mol. The first-order valence-corrected chi connectivity index (χ1v) is 6.15. The zero-order valence-corrected chi connectivity index (χ0v) is 10.3. The number of benzene rings is 1. The van der Waals surface area contributed by atoms with Crippen LogP contribution in [0.25, 0.3) is 0 Å². The van der Waals surface area contributed by atoms with Gasteiger partial charge in [0.15, 0.2) is 0 Å². The minimum Gasteiger partial charge on any atom is -0.461 e. The number of ether oxygens (including phenoxy) is 1. The van der Waals surface area contributed by atoms with Gasteiger partial charge in [-0.05, 0) is 38.5 Å². The van der Waals surface area contributed by atoms with E-state index in [9.17, 15) is 4.79 Å². The molecule has 2 rings (SSSR count). The van der Waals surface area contributed by atoms with E-state index in [1.807, 2.05) is 30.3 Å². The minimum absolute atomic E-state index is 0.0399. The van der Waals surface area contributed by atoms with Gasteiger partial charge in [-0.3, -0.25) is 4.79 Å². The minimum atomic E-state index is -0.0399. The number of nitrogens with zero attached hydrogens (tertiary/aromatic N) is 1. The fourth-order valence-corrected chi connectivity index (χ4v) is 2.09. The van der Waals surface area contributed by atoms with Crippen molar-refractivity contribution in [3.8, 4) is 0 Å². The molecule has 3 heteroatoms. The molecule has 0 radical (unpaired) electrons. The van der Waals surface area contributed by atoms with Crippen LogP contribution >= 0.6 is 0 Å². The molecule has 1 aliphatic heterocycles. The number of likely N-dealkylation sites (tertiary alicyclic amines) is 1. The van der Waals surface area contributed by atoms with Crippen LogP contribution in [-0.4, -0.2) is 31.0 Å². The number of carbonyl (C=O) groups is 1. The number of esters is 1. The highest BCUT2D eigenvalue weighted by molar-refractivity contribution is 5.72. The molecule has 1 aromatic carbocycles.